The molecule has 0 aliphatic heterocycles. The van der Waals surface area contributed by atoms with Gasteiger partial charge in [0.2, 0.25) is 0 Å². The molecule has 0 bridgehead atoms. The van der Waals surface area contributed by atoms with E-state index >= 15 is 0 Å². The molecule has 1 heterocycles. The molecule has 0 aliphatic rings. The Morgan fingerprint density at radius 2 is 1.83 bits per heavy atom. The molecule has 2 aromatic rings. The van der Waals surface area contributed by atoms with Gasteiger partial charge in [0.05, 0.1) is 6.54 Å². The highest BCUT2D eigenvalue weighted by Gasteiger charge is 2.19. The highest BCUT2D eigenvalue weighted by Crippen LogP contribution is 2.32. The van der Waals surface area contributed by atoms with Gasteiger partial charge >= 0.3 is 5.97 Å². The number of nitrogens with two attached hydrogens (primary N) is 2. The average molecular weight is 399 g/mol. The summed E-state index contributed by atoms with van der Waals surface area (Å²) in [7, 11) is 0. The standard InChI is InChI=1S/C23H34N4O2/c1-5-6-22(28)29-26-14-20-16(4)27-21(11-15(2)3)19(13-25)23(20)18-9-7-17(12-24)8-10-18/h7-10,15,26H,5-6,11-14,24-25H2,1-4H3. The Morgan fingerprint density at radius 1 is 1.14 bits per heavy atom. The zero-order chi connectivity index (χ0) is 21.4. The van der Waals surface area contributed by atoms with Crippen molar-refractivity contribution >= 4 is 5.97 Å². The van der Waals surface area contributed by atoms with Crippen LogP contribution in [0.25, 0.3) is 11.1 Å². The van der Waals surface area contributed by atoms with Crippen molar-refractivity contribution in [3.8, 4) is 11.1 Å². The van der Waals surface area contributed by atoms with Crippen LogP contribution in [0.5, 0.6) is 0 Å². The number of aromatic nitrogens is 1. The first kappa shape index (κ1) is 23.0. The van der Waals surface area contributed by atoms with Crippen LogP contribution in [0.1, 0.15) is 61.7 Å². The van der Waals surface area contributed by atoms with Crippen LogP contribution in [-0.4, -0.2) is 11.0 Å². The number of benzene rings is 1. The molecule has 1 aromatic heterocycles. The van der Waals surface area contributed by atoms with E-state index in [1.165, 1.54) is 0 Å². The number of pyridine rings is 1. The number of nitrogens with one attached hydrogen (secondary N) is 1. The van der Waals surface area contributed by atoms with Crippen LogP contribution in [0.2, 0.25) is 0 Å². The van der Waals surface area contributed by atoms with Gasteiger partial charge in [-0.25, -0.2) is 0 Å². The molecule has 0 atom stereocenters. The average Bonchev–Trinajstić information content (AvgIpc) is 2.69. The molecule has 29 heavy (non-hydrogen) atoms. The molecule has 0 unspecified atom stereocenters. The SMILES string of the molecule is CCCC(=O)ONCc1c(C)nc(CC(C)C)c(CN)c1-c1ccc(CN)cc1. The van der Waals surface area contributed by atoms with Crippen molar-refractivity contribution in [2.75, 3.05) is 0 Å². The third-order valence-electron chi connectivity index (χ3n) is 4.86. The van der Waals surface area contributed by atoms with Crippen molar-refractivity contribution in [2.24, 2.45) is 17.4 Å². The van der Waals surface area contributed by atoms with E-state index < -0.39 is 0 Å². The van der Waals surface area contributed by atoms with Gasteiger partial charge in [0.25, 0.3) is 0 Å². The minimum Gasteiger partial charge on any atom is -0.370 e. The molecule has 0 amide bonds. The largest absolute Gasteiger partial charge is 0.370 e. The molecule has 2 rings (SSSR count). The molecule has 1 aromatic carbocycles. The fourth-order valence-corrected chi connectivity index (χ4v) is 3.44. The van der Waals surface area contributed by atoms with Gasteiger partial charge in [-0.05, 0) is 53.5 Å². The lowest BCUT2D eigenvalue weighted by Crippen LogP contribution is -2.22. The lowest BCUT2D eigenvalue weighted by molar-refractivity contribution is -0.151. The van der Waals surface area contributed by atoms with Crippen molar-refractivity contribution in [1.29, 1.82) is 0 Å². The van der Waals surface area contributed by atoms with E-state index in [4.69, 9.17) is 21.3 Å². The predicted molar refractivity (Wildman–Crippen MR) is 117 cm³/mol. The highest BCUT2D eigenvalue weighted by atomic mass is 16.7. The fourth-order valence-electron chi connectivity index (χ4n) is 3.44. The Morgan fingerprint density at radius 3 is 2.38 bits per heavy atom. The Hall–Kier alpha value is -2.28. The maximum atomic E-state index is 11.7. The van der Waals surface area contributed by atoms with Crippen molar-refractivity contribution in [1.82, 2.24) is 10.5 Å². The summed E-state index contributed by atoms with van der Waals surface area (Å²) in [6.45, 7) is 9.56. The second kappa shape index (κ2) is 11.0. The smallest absolute Gasteiger partial charge is 0.324 e. The van der Waals surface area contributed by atoms with Gasteiger partial charge in [-0.1, -0.05) is 45.0 Å². The molecule has 0 saturated heterocycles. The minimum absolute atomic E-state index is 0.262. The second-order valence-electron chi connectivity index (χ2n) is 7.72. The molecule has 0 spiro atoms. The van der Waals surface area contributed by atoms with Crippen LogP contribution >= 0.6 is 0 Å². The van der Waals surface area contributed by atoms with Gasteiger partial charge in [0.1, 0.15) is 0 Å². The van der Waals surface area contributed by atoms with Gasteiger partial charge in [-0.3, -0.25) is 9.78 Å². The van der Waals surface area contributed by atoms with E-state index in [9.17, 15) is 4.79 Å². The van der Waals surface area contributed by atoms with Gasteiger partial charge < -0.3 is 16.3 Å². The number of carbonyl (C=O) groups is 1. The molecule has 0 fully saturated rings. The molecule has 0 aliphatic carbocycles. The van der Waals surface area contributed by atoms with Gasteiger partial charge in [0, 0.05) is 30.9 Å². The lowest BCUT2D eigenvalue weighted by Gasteiger charge is -2.21. The predicted octanol–water partition coefficient (Wildman–Crippen LogP) is 3.52. The monoisotopic (exact) mass is 398 g/mol. The molecule has 158 valence electrons. The normalized spacial score (nSPS) is 11.1. The summed E-state index contributed by atoms with van der Waals surface area (Å²) in [6, 6.07) is 8.21. The Balaban J connectivity index is 2.50. The maximum Gasteiger partial charge on any atom is 0.324 e. The zero-order valence-electron chi connectivity index (χ0n) is 18.0. The van der Waals surface area contributed by atoms with E-state index in [2.05, 4.69) is 31.5 Å². The van der Waals surface area contributed by atoms with E-state index in [1.807, 2.05) is 26.0 Å². The first-order chi connectivity index (χ1) is 13.9. The number of aryl methyl sites for hydroxylation is 1. The number of nitrogens with zero attached hydrogens (tertiary/aromatic N) is 1. The van der Waals surface area contributed by atoms with Gasteiger partial charge in [0.15, 0.2) is 0 Å². The van der Waals surface area contributed by atoms with Crippen molar-refractivity contribution in [3.63, 3.8) is 0 Å². The molecular weight excluding hydrogens is 364 g/mol. The maximum absolute atomic E-state index is 11.7. The quantitative estimate of drug-likeness (QED) is 0.529. The highest BCUT2D eigenvalue weighted by molar-refractivity contribution is 5.73. The summed E-state index contributed by atoms with van der Waals surface area (Å²) < 4.78 is 0. The molecule has 0 saturated carbocycles. The van der Waals surface area contributed by atoms with E-state index in [1.54, 1.807) is 0 Å². The number of hydrogen-bond donors (Lipinski definition) is 3. The first-order valence-electron chi connectivity index (χ1n) is 10.3. The van der Waals surface area contributed by atoms with Gasteiger partial charge in [-0.15, -0.1) is 5.48 Å². The Bertz CT molecular complexity index is 817. The number of hydrogen-bond acceptors (Lipinski definition) is 6. The topological polar surface area (TPSA) is 103 Å². The molecule has 0 radical (unpaired) electrons. The van der Waals surface area contributed by atoms with Crippen molar-refractivity contribution < 1.29 is 9.63 Å². The van der Waals surface area contributed by atoms with Crippen molar-refractivity contribution in [2.45, 2.75) is 66.6 Å². The number of rotatable bonds is 10. The summed E-state index contributed by atoms with van der Waals surface area (Å²) in [6.07, 6.45) is 2.00. The lowest BCUT2D eigenvalue weighted by atomic mass is 9.89. The Labute approximate surface area is 174 Å². The van der Waals surface area contributed by atoms with Crippen LogP contribution in [0.4, 0.5) is 0 Å². The number of hydroxylamine groups is 1. The van der Waals surface area contributed by atoms with Crippen LogP contribution in [0.3, 0.4) is 0 Å². The van der Waals surface area contributed by atoms with Crippen LogP contribution in [0, 0.1) is 12.8 Å². The van der Waals surface area contributed by atoms with Crippen molar-refractivity contribution in [3.05, 3.63) is 52.3 Å². The van der Waals surface area contributed by atoms with E-state index in [0.29, 0.717) is 32.0 Å². The zero-order valence-corrected chi connectivity index (χ0v) is 18.0. The molecule has 5 N–H and O–H groups in total. The molecule has 6 nitrogen and oxygen atoms in total. The second-order valence-corrected chi connectivity index (χ2v) is 7.72. The molecular formula is C23H34N4O2. The summed E-state index contributed by atoms with van der Waals surface area (Å²) >= 11 is 0. The van der Waals surface area contributed by atoms with Crippen LogP contribution < -0.4 is 16.9 Å². The third-order valence-corrected chi connectivity index (χ3v) is 4.86. The minimum atomic E-state index is -0.262. The summed E-state index contributed by atoms with van der Waals surface area (Å²) in [5.74, 6) is 0.209. The summed E-state index contributed by atoms with van der Waals surface area (Å²) in [5, 5.41) is 0. The third kappa shape index (κ3) is 6.10. The van der Waals surface area contributed by atoms with Gasteiger partial charge in [-0.2, -0.15) is 0 Å². The Kier molecular flexibility index (Phi) is 8.76. The van der Waals surface area contributed by atoms with E-state index in [-0.39, 0.29) is 5.97 Å². The van der Waals surface area contributed by atoms with E-state index in [0.717, 1.165) is 52.0 Å². The number of carbonyl (C=O) groups excluding carboxylic acids is 1. The van der Waals surface area contributed by atoms with Crippen LogP contribution in [0.15, 0.2) is 24.3 Å². The summed E-state index contributed by atoms with van der Waals surface area (Å²) in [5.41, 5.74) is 22.0. The fraction of sp³-hybridized carbons (Fsp3) is 0.478. The van der Waals surface area contributed by atoms with Crippen LogP contribution in [-0.2, 0) is 35.7 Å². The summed E-state index contributed by atoms with van der Waals surface area (Å²) in [4.78, 5) is 21.7. The molecule has 6 heteroatoms. The first-order valence-corrected chi connectivity index (χ1v) is 10.3.